The Kier molecular flexibility index (Phi) is 8.55. The molecule has 2 aromatic carbocycles. The molecule has 0 radical (unpaired) electrons. The van der Waals surface area contributed by atoms with E-state index in [1.807, 2.05) is 0 Å². The first-order valence-corrected chi connectivity index (χ1v) is 14.2. The number of Topliss-reactive ketones (excluding diaryl/α,β-unsaturated/α-hetero) is 2. The highest BCUT2D eigenvalue weighted by Gasteiger charge is 2.32. The first kappa shape index (κ1) is 30.9. The van der Waals surface area contributed by atoms with E-state index >= 15 is 0 Å². The van der Waals surface area contributed by atoms with Gasteiger partial charge in [-0.25, -0.2) is 0 Å². The number of morpholine rings is 2. The Morgan fingerprint density at radius 2 is 1.20 bits per heavy atom. The minimum absolute atomic E-state index is 0.111. The fourth-order valence-electron chi connectivity index (χ4n) is 5.24. The van der Waals surface area contributed by atoms with Crippen LogP contribution in [-0.2, 0) is 19.1 Å². The number of halogens is 3. The molecule has 0 bridgehead atoms. The van der Waals surface area contributed by atoms with Crippen LogP contribution in [0.15, 0.2) is 42.7 Å². The minimum atomic E-state index is -4.80. The summed E-state index contributed by atoms with van der Waals surface area (Å²) in [6.45, 7) is 3.37. The van der Waals surface area contributed by atoms with Crippen LogP contribution in [0.25, 0.3) is 21.8 Å². The molecule has 16 heteroatoms. The van der Waals surface area contributed by atoms with Crippen molar-refractivity contribution in [1.82, 2.24) is 19.8 Å². The minimum Gasteiger partial charge on any atom is -0.454 e. The van der Waals surface area contributed by atoms with E-state index in [0.717, 1.165) is 17.6 Å². The van der Waals surface area contributed by atoms with Crippen LogP contribution in [0.3, 0.4) is 0 Å². The summed E-state index contributed by atoms with van der Waals surface area (Å²) in [6, 6.07) is 7.03. The number of aromatic amines is 2. The SMILES string of the molecule is O=C(C(=O)N1CCOCC1)c1c[nH]c2cc(OC(F)(F)F)ccc12.O=C(C(=O)N1CCOCC1)c1c[nH]c2cc3c(cc12)OCO3. The Labute approximate surface area is 258 Å². The number of ether oxygens (including phenoxy) is 5. The third-order valence-electron chi connectivity index (χ3n) is 7.54. The van der Waals surface area contributed by atoms with E-state index in [1.54, 1.807) is 18.3 Å². The van der Waals surface area contributed by atoms with Crippen molar-refractivity contribution in [3.63, 3.8) is 0 Å². The van der Waals surface area contributed by atoms with Crippen molar-refractivity contribution in [3.8, 4) is 17.2 Å². The molecule has 2 N–H and O–H groups in total. The number of amides is 2. The number of carbonyl (C=O) groups is 4. The number of benzene rings is 2. The average Bonchev–Trinajstić information content (AvgIpc) is 3.80. The highest BCUT2D eigenvalue weighted by atomic mass is 19.4. The molecule has 5 heterocycles. The Bertz CT molecular complexity index is 1800. The molecule has 0 aliphatic carbocycles. The summed E-state index contributed by atoms with van der Waals surface area (Å²) in [5.74, 6) is -1.58. The quantitative estimate of drug-likeness (QED) is 0.247. The molecule has 2 aromatic heterocycles. The number of nitrogens with one attached hydrogen (secondary N) is 2. The Morgan fingerprint density at radius 3 is 1.74 bits per heavy atom. The van der Waals surface area contributed by atoms with Gasteiger partial charge in [-0.05, 0) is 18.2 Å². The Balaban J connectivity index is 0.000000162. The number of alkyl halides is 3. The highest BCUT2D eigenvalue weighted by Crippen LogP contribution is 2.37. The van der Waals surface area contributed by atoms with E-state index in [1.165, 1.54) is 22.1 Å². The van der Waals surface area contributed by atoms with Crippen LogP contribution in [0.2, 0.25) is 0 Å². The predicted molar refractivity (Wildman–Crippen MR) is 153 cm³/mol. The van der Waals surface area contributed by atoms with Crippen LogP contribution in [0, 0.1) is 0 Å². The van der Waals surface area contributed by atoms with E-state index in [-0.39, 0.29) is 17.9 Å². The van der Waals surface area contributed by atoms with Gasteiger partial charge in [0.05, 0.1) is 43.1 Å². The summed E-state index contributed by atoms with van der Waals surface area (Å²) in [6.07, 6.45) is -1.94. The Hall–Kier alpha value is -5.09. The number of aromatic nitrogens is 2. The summed E-state index contributed by atoms with van der Waals surface area (Å²) in [4.78, 5) is 58.0. The van der Waals surface area contributed by atoms with Gasteiger partial charge in [-0.15, -0.1) is 13.2 Å². The first-order valence-electron chi connectivity index (χ1n) is 14.2. The van der Waals surface area contributed by atoms with Crippen molar-refractivity contribution < 1.29 is 56.0 Å². The van der Waals surface area contributed by atoms with Crippen LogP contribution in [-0.4, -0.2) is 109 Å². The number of hydrogen-bond donors (Lipinski definition) is 2. The number of fused-ring (bicyclic) bond motifs is 3. The van der Waals surface area contributed by atoms with Crippen molar-refractivity contribution >= 4 is 45.2 Å². The lowest BCUT2D eigenvalue weighted by Gasteiger charge is -2.25. The molecule has 0 unspecified atom stereocenters. The molecule has 2 amide bonds. The molecule has 3 aliphatic rings. The largest absolute Gasteiger partial charge is 0.573 e. The summed E-state index contributed by atoms with van der Waals surface area (Å²) >= 11 is 0. The fourth-order valence-corrected chi connectivity index (χ4v) is 5.24. The van der Waals surface area contributed by atoms with E-state index in [4.69, 9.17) is 18.9 Å². The fraction of sp³-hybridized carbons (Fsp3) is 0.333. The highest BCUT2D eigenvalue weighted by molar-refractivity contribution is 6.45. The van der Waals surface area contributed by atoms with Gasteiger partial charge in [0, 0.05) is 67.0 Å². The number of rotatable bonds is 5. The van der Waals surface area contributed by atoms with Gasteiger partial charge in [0.25, 0.3) is 23.4 Å². The van der Waals surface area contributed by atoms with E-state index in [2.05, 4.69) is 14.7 Å². The van der Waals surface area contributed by atoms with Gasteiger partial charge in [0.2, 0.25) is 6.79 Å². The average molecular weight is 645 g/mol. The molecule has 7 rings (SSSR count). The van der Waals surface area contributed by atoms with Crippen molar-refractivity contribution in [3.05, 3.63) is 53.9 Å². The number of H-pyrrole nitrogens is 2. The zero-order valence-corrected chi connectivity index (χ0v) is 24.1. The third kappa shape index (κ3) is 6.48. The molecule has 0 atom stereocenters. The molecule has 13 nitrogen and oxygen atoms in total. The number of nitrogens with zero attached hydrogens (tertiary/aromatic N) is 2. The maximum Gasteiger partial charge on any atom is 0.573 e. The maximum absolute atomic E-state index is 12.5. The molecule has 0 spiro atoms. The lowest BCUT2D eigenvalue weighted by atomic mass is 10.1. The van der Waals surface area contributed by atoms with Crippen LogP contribution in [0.4, 0.5) is 13.2 Å². The summed E-state index contributed by atoms with van der Waals surface area (Å²) in [5, 5.41) is 1.02. The molecule has 2 saturated heterocycles. The van der Waals surface area contributed by atoms with E-state index in [9.17, 15) is 32.3 Å². The van der Waals surface area contributed by atoms with Crippen LogP contribution >= 0.6 is 0 Å². The van der Waals surface area contributed by atoms with Gasteiger partial charge in [-0.1, -0.05) is 0 Å². The first-order chi connectivity index (χ1) is 22.1. The molecule has 0 saturated carbocycles. The topological polar surface area (TPSA) is 152 Å². The number of carbonyl (C=O) groups excluding carboxylic acids is 4. The van der Waals surface area contributed by atoms with Crippen molar-refractivity contribution in [2.75, 3.05) is 59.4 Å². The van der Waals surface area contributed by atoms with E-state index in [0.29, 0.717) is 80.4 Å². The van der Waals surface area contributed by atoms with Crippen molar-refractivity contribution in [2.45, 2.75) is 6.36 Å². The zero-order valence-electron chi connectivity index (χ0n) is 24.1. The van der Waals surface area contributed by atoms with Crippen LogP contribution in [0.1, 0.15) is 20.7 Å². The maximum atomic E-state index is 12.5. The smallest absolute Gasteiger partial charge is 0.454 e. The van der Waals surface area contributed by atoms with Crippen LogP contribution in [0.5, 0.6) is 17.2 Å². The zero-order chi connectivity index (χ0) is 32.4. The van der Waals surface area contributed by atoms with Crippen LogP contribution < -0.4 is 14.2 Å². The molecule has 242 valence electrons. The summed E-state index contributed by atoms with van der Waals surface area (Å²) in [7, 11) is 0. The van der Waals surface area contributed by atoms with Crippen molar-refractivity contribution in [1.29, 1.82) is 0 Å². The molecule has 3 aliphatic heterocycles. The summed E-state index contributed by atoms with van der Waals surface area (Å²) in [5.41, 5.74) is 1.47. The molecule has 4 aromatic rings. The van der Waals surface area contributed by atoms with Gasteiger partial charge in [-0.3, -0.25) is 19.2 Å². The van der Waals surface area contributed by atoms with Crippen molar-refractivity contribution in [2.24, 2.45) is 0 Å². The van der Waals surface area contributed by atoms with Gasteiger partial charge >= 0.3 is 6.36 Å². The molecular formula is C30H27F3N4O9. The lowest BCUT2D eigenvalue weighted by molar-refractivity contribution is -0.274. The normalized spacial score (nSPS) is 16.2. The van der Waals surface area contributed by atoms with Gasteiger partial charge in [0.1, 0.15) is 5.75 Å². The van der Waals surface area contributed by atoms with Gasteiger partial charge in [0.15, 0.2) is 11.5 Å². The molecule has 46 heavy (non-hydrogen) atoms. The predicted octanol–water partition coefficient (Wildman–Crippen LogP) is 3.05. The number of ketones is 2. The molecular weight excluding hydrogens is 617 g/mol. The monoisotopic (exact) mass is 644 g/mol. The second-order valence-electron chi connectivity index (χ2n) is 10.4. The van der Waals surface area contributed by atoms with E-state index < -0.39 is 35.5 Å². The summed E-state index contributed by atoms with van der Waals surface area (Å²) < 4.78 is 61.5. The Morgan fingerprint density at radius 1 is 0.696 bits per heavy atom. The number of hydrogen-bond acceptors (Lipinski definition) is 9. The lowest BCUT2D eigenvalue weighted by Crippen LogP contribution is -2.44. The van der Waals surface area contributed by atoms with Gasteiger partial charge in [-0.2, -0.15) is 0 Å². The second kappa shape index (κ2) is 12.7. The standard InChI is InChI=1S/C15H13F3N2O4.C15H14N2O5/c16-15(17,18)24-9-1-2-10-11(8-19-12(10)7-9)13(21)14(22)20-3-5-23-6-4-20;18-14(15(19)17-1-3-20-4-2-17)10-7-16-11-6-13-12(5-9(10)11)21-8-22-13/h1-2,7-8,19H,3-6H2;5-7,16H,1-4,8H2. The molecule has 2 fully saturated rings. The third-order valence-corrected chi connectivity index (χ3v) is 7.54. The second-order valence-corrected chi connectivity index (χ2v) is 10.4. The van der Waals surface area contributed by atoms with Gasteiger partial charge < -0.3 is 43.5 Å².